The predicted molar refractivity (Wildman–Crippen MR) is 94.8 cm³/mol. The van der Waals surface area contributed by atoms with Crippen molar-refractivity contribution < 1.29 is 13.2 Å². The lowest BCUT2D eigenvalue weighted by atomic mass is 10.2. The Hall–Kier alpha value is -2.12. The van der Waals surface area contributed by atoms with E-state index in [9.17, 15) is 8.42 Å². The second kappa shape index (κ2) is 7.63. The van der Waals surface area contributed by atoms with Gasteiger partial charge in [-0.1, -0.05) is 30.3 Å². The molecule has 128 valence electrons. The summed E-state index contributed by atoms with van der Waals surface area (Å²) in [5.74, 6) is 0.379. The van der Waals surface area contributed by atoms with Gasteiger partial charge in [0, 0.05) is 13.1 Å². The second-order valence-corrected chi connectivity index (χ2v) is 7.50. The van der Waals surface area contributed by atoms with Crippen LogP contribution in [0.3, 0.4) is 0 Å². The van der Waals surface area contributed by atoms with E-state index >= 15 is 0 Å². The number of hydrogen-bond donors (Lipinski definition) is 1. The highest BCUT2D eigenvalue weighted by Gasteiger charge is 2.14. The Kier molecular flexibility index (Phi) is 5.32. The first-order chi connectivity index (χ1) is 11.6. The lowest BCUT2D eigenvalue weighted by Gasteiger charge is -2.28. The van der Waals surface area contributed by atoms with Crippen LogP contribution in [0.2, 0.25) is 0 Å². The van der Waals surface area contributed by atoms with E-state index in [1.807, 2.05) is 36.4 Å². The van der Waals surface area contributed by atoms with Crippen molar-refractivity contribution >= 4 is 21.5 Å². The van der Waals surface area contributed by atoms with Crippen molar-refractivity contribution in [2.75, 3.05) is 41.7 Å². The molecule has 3 rings (SSSR count). The summed E-state index contributed by atoms with van der Waals surface area (Å²) in [6.07, 6.45) is 2.17. The fourth-order valence-electron chi connectivity index (χ4n) is 2.56. The number of aryl methyl sites for hydroxylation is 1. The molecule has 0 atom stereocenters. The molecule has 1 aromatic heterocycles. The fraction of sp³-hybridized carbons (Fsp3) is 0.353. The van der Waals surface area contributed by atoms with Crippen LogP contribution in [0.15, 0.2) is 48.7 Å². The quantitative estimate of drug-likeness (QED) is 0.864. The van der Waals surface area contributed by atoms with Gasteiger partial charge in [-0.3, -0.25) is 4.72 Å². The number of aromatic nitrogens is 1. The molecule has 0 aliphatic carbocycles. The molecule has 1 aromatic carbocycles. The average Bonchev–Trinajstić information content (AvgIpc) is 2.62. The van der Waals surface area contributed by atoms with Crippen LogP contribution in [-0.4, -0.2) is 45.5 Å². The Bertz CT molecular complexity index is 742. The second-order valence-electron chi connectivity index (χ2n) is 5.66. The minimum atomic E-state index is -3.42. The van der Waals surface area contributed by atoms with Gasteiger partial charge in [0.2, 0.25) is 10.0 Å². The lowest BCUT2D eigenvalue weighted by Crippen LogP contribution is -2.36. The smallest absolute Gasteiger partial charge is 0.234 e. The Balaban J connectivity index is 1.58. The van der Waals surface area contributed by atoms with E-state index in [2.05, 4.69) is 14.6 Å². The predicted octanol–water partition coefficient (Wildman–Crippen LogP) is 1.90. The molecule has 0 unspecified atom stereocenters. The van der Waals surface area contributed by atoms with E-state index in [1.54, 1.807) is 12.3 Å². The number of morpholine rings is 1. The van der Waals surface area contributed by atoms with Crippen LogP contribution in [0.5, 0.6) is 0 Å². The minimum Gasteiger partial charge on any atom is -0.378 e. The van der Waals surface area contributed by atoms with Crippen LogP contribution in [0.1, 0.15) is 5.56 Å². The molecule has 1 aliphatic rings. The molecule has 0 bridgehead atoms. The van der Waals surface area contributed by atoms with Crippen molar-refractivity contribution in [2.24, 2.45) is 0 Å². The molecule has 7 heteroatoms. The number of anilines is 2. The molecule has 1 aliphatic heterocycles. The number of ether oxygens (including phenoxy) is 1. The standard InChI is InChI=1S/C17H21N3O3S/c21-24(22,13-8-15-4-2-1-3-5-15)19-17-7-6-16(14-18-17)20-9-11-23-12-10-20/h1-7,14H,8-13H2,(H,18,19). The summed E-state index contributed by atoms with van der Waals surface area (Å²) in [6.45, 7) is 3.05. The van der Waals surface area contributed by atoms with Crippen LogP contribution in [0.4, 0.5) is 11.5 Å². The van der Waals surface area contributed by atoms with E-state index in [0.717, 1.165) is 24.3 Å². The van der Waals surface area contributed by atoms with Gasteiger partial charge in [-0.05, 0) is 24.1 Å². The van der Waals surface area contributed by atoms with Gasteiger partial charge in [0.15, 0.2) is 0 Å². The molecule has 1 saturated heterocycles. The number of sulfonamides is 1. The normalized spacial score (nSPS) is 15.2. The molecular weight excluding hydrogens is 326 g/mol. The number of benzene rings is 1. The van der Waals surface area contributed by atoms with E-state index in [4.69, 9.17) is 4.74 Å². The summed E-state index contributed by atoms with van der Waals surface area (Å²) in [4.78, 5) is 6.39. The molecular formula is C17H21N3O3S. The molecule has 0 saturated carbocycles. The van der Waals surface area contributed by atoms with Gasteiger partial charge in [0.1, 0.15) is 5.82 Å². The van der Waals surface area contributed by atoms with Crippen molar-refractivity contribution in [2.45, 2.75) is 6.42 Å². The molecule has 6 nitrogen and oxygen atoms in total. The molecule has 1 fully saturated rings. The first kappa shape index (κ1) is 16.7. The van der Waals surface area contributed by atoms with Crippen molar-refractivity contribution in [1.82, 2.24) is 4.98 Å². The molecule has 24 heavy (non-hydrogen) atoms. The highest BCUT2D eigenvalue weighted by molar-refractivity contribution is 7.92. The topological polar surface area (TPSA) is 71.5 Å². The maximum atomic E-state index is 12.2. The molecule has 2 aromatic rings. The summed E-state index contributed by atoms with van der Waals surface area (Å²) in [7, 11) is -3.42. The van der Waals surface area contributed by atoms with Crippen LogP contribution in [-0.2, 0) is 21.2 Å². The van der Waals surface area contributed by atoms with E-state index in [0.29, 0.717) is 25.5 Å². The van der Waals surface area contributed by atoms with E-state index < -0.39 is 10.0 Å². The van der Waals surface area contributed by atoms with Crippen LogP contribution in [0.25, 0.3) is 0 Å². The highest BCUT2D eigenvalue weighted by atomic mass is 32.2. The zero-order valence-corrected chi connectivity index (χ0v) is 14.2. The third kappa shape index (κ3) is 4.69. The summed E-state index contributed by atoms with van der Waals surface area (Å²) >= 11 is 0. The summed E-state index contributed by atoms with van der Waals surface area (Å²) in [5.41, 5.74) is 1.98. The van der Waals surface area contributed by atoms with Crippen molar-refractivity contribution in [3.63, 3.8) is 0 Å². The average molecular weight is 347 g/mol. The van der Waals surface area contributed by atoms with Crippen molar-refractivity contribution in [3.05, 3.63) is 54.2 Å². The Morgan fingerprint density at radius 3 is 2.50 bits per heavy atom. The minimum absolute atomic E-state index is 0.0317. The Morgan fingerprint density at radius 2 is 1.83 bits per heavy atom. The summed E-state index contributed by atoms with van der Waals surface area (Å²) in [5, 5.41) is 0. The first-order valence-electron chi connectivity index (χ1n) is 7.95. The van der Waals surface area contributed by atoms with Crippen LogP contribution >= 0.6 is 0 Å². The third-order valence-electron chi connectivity index (χ3n) is 3.89. The van der Waals surface area contributed by atoms with Crippen LogP contribution in [0, 0.1) is 0 Å². The SMILES string of the molecule is O=S(=O)(CCc1ccccc1)Nc1ccc(N2CCOCC2)cn1. The zero-order chi connectivity index (χ0) is 16.8. The van der Waals surface area contributed by atoms with Crippen molar-refractivity contribution in [3.8, 4) is 0 Å². The molecule has 0 spiro atoms. The molecule has 0 radical (unpaired) electrons. The maximum absolute atomic E-state index is 12.2. The van der Waals surface area contributed by atoms with Gasteiger partial charge in [-0.15, -0.1) is 0 Å². The lowest BCUT2D eigenvalue weighted by molar-refractivity contribution is 0.122. The number of rotatable bonds is 6. The van der Waals surface area contributed by atoms with Gasteiger partial charge in [0.25, 0.3) is 0 Å². The van der Waals surface area contributed by atoms with Gasteiger partial charge in [-0.2, -0.15) is 0 Å². The molecule has 2 heterocycles. The van der Waals surface area contributed by atoms with Crippen LogP contribution < -0.4 is 9.62 Å². The van der Waals surface area contributed by atoms with Crippen molar-refractivity contribution in [1.29, 1.82) is 0 Å². The van der Waals surface area contributed by atoms with E-state index in [-0.39, 0.29) is 5.75 Å². The number of nitrogens with one attached hydrogen (secondary N) is 1. The van der Waals surface area contributed by atoms with Gasteiger partial charge in [0.05, 0.1) is 30.9 Å². The molecule has 0 amide bonds. The monoisotopic (exact) mass is 347 g/mol. The highest BCUT2D eigenvalue weighted by Crippen LogP contribution is 2.17. The number of nitrogens with zero attached hydrogens (tertiary/aromatic N) is 2. The van der Waals surface area contributed by atoms with Gasteiger partial charge >= 0.3 is 0 Å². The van der Waals surface area contributed by atoms with Gasteiger partial charge < -0.3 is 9.64 Å². The summed E-state index contributed by atoms with van der Waals surface area (Å²) in [6, 6.07) is 13.1. The largest absolute Gasteiger partial charge is 0.378 e. The van der Waals surface area contributed by atoms with Gasteiger partial charge in [-0.25, -0.2) is 13.4 Å². The summed E-state index contributed by atoms with van der Waals surface area (Å²) < 4.78 is 32.2. The zero-order valence-electron chi connectivity index (χ0n) is 13.4. The molecule has 1 N–H and O–H groups in total. The number of hydrogen-bond acceptors (Lipinski definition) is 5. The Labute approximate surface area is 142 Å². The first-order valence-corrected chi connectivity index (χ1v) is 9.61. The Morgan fingerprint density at radius 1 is 1.08 bits per heavy atom. The fourth-order valence-corrected chi connectivity index (χ4v) is 3.61. The number of pyridine rings is 1. The maximum Gasteiger partial charge on any atom is 0.234 e. The van der Waals surface area contributed by atoms with E-state index in [1.165, 1.54) is 0 Å². The third-order valence-corrected chi connectivity index (χ3v) is 5.15.